The summed E-state index contributed by atoms with van der Waals surface area (Å²) in [5.41, 5.74) is -0.825. The molecule has 0 aliphatic carbocycles. The Balaban J connectivity index is 2.04. The van der Waals surface area contributed by atoms with Crippen LogP contribution in [-0.2, 0) is 0 Å². The number of hydrogen-bond donors (Lipinski definition) is 1. The van der Waals surface area contributed by atoms with Crippen LogP contribution >= 0.6 is 0 Å². The van der Waals surface area contributed by atoms with Gasteiger partial charge in [-0.25, -0.2) is 13.2 Å². The van der Waals surface area contributed by atoms with E-state index >= 15 is 8.78 Å². The Morgan fingerprint density at radius 3 is 2.29 bits per heavy atom. The smallest absolute Gasteiger partial charge is 0.185 e. The summed E-state index contributed by atoms with van der Waals surface area (Å²) in [5.74, 6) is -3.48. The Morgan fingerprint density at radius 1 is 0.929 bits per heavy atom. The van der Waals surface area contributed by atoms with Gasteiger partial charge < -0.3 is 10.2 Å². The molecule has 0 saturated carbocycles. The summed E-state index contributed by atoms with van der Waals surface area (Å²) in [6.07, 6.45) is 2.50. The molecular weight excluding hydrogens is 365 g/mol. The van der Waals surface area contributed by atoms with Crippen molar-refractivity contribution in [3.63, 3.8) is 0 Å². The normalized spacial score (nSPS) is 15.0. The van der Waals surface area contributed by atoms with Crippen molar-refractivity contribution in [2.45, 2.75) is 19.3 Å². The molecule has 0 bridgehead atoms. The molecule has 2 heterocycles. The quantitative estimate of drug-likeness (QED) is 0.477. The number of rotatable bonds is 1. The second kappa shape index (κ2) is 6.94. The predicted octanol–water partition coefficient (Wildman–Crippen LogP) is 5.00. The molecular formula is C21H15F3N4. The van der Waals surface area contributed by atoms with E-state index in [2.05, 4.69) is 5.32 Å². The second-order valence-electron chi connectivity index (χ2n) is 6.73. The minimum Gasteiger partial charge on any atom is -0.367 e. The van der Waals surface area contributed by atoms with E-state index in [9.17, 15) is 14.9 Å². The van der Waals surface area contributed by atoms with Gasteiger partial charge >= 0.3 is 0 Å². The molecule has 0 aromatic heterocycles. The van der Waals surface area contributed by atoms with Crippen molar-refractivity contribution < 1.29 is 13.2 Å². The molecule has 0 unspecified atom stereocenters. The first kappa shape index (κ1) is 17.9. The number of nitrogens with one attached hydrogen (secondary N) is 1. The van der Waals surface area contributed by atoms with Crippen molar-refractivity contribution in [3.05, 3.63) is 58.4 Å². The van der Waals surface area contributed by atoms with Crippen molar-refractivity contribution in [1.29, 1.82) is 10.5 Å². The average molecular weight is 380 g/mol. The van der Waals surface area contributed by atoms with Gasteiger partial charge in [-0.1, -0.05) is 18.2 Å². The monoisotopic (exact) mass is 380 g/mol. The topological polar surface area (TPSA) is 62.9 Å². The highest BCUT2D eigenvalue weighted by molar-refractivity contribution is 6.01. The van der Waals surface area contributed by atoms with E-state index in [0.29, 0.717) is 24.3 Å². The third-order valence-corrected chi connectivity index (χ3v) is 5.15. The largest absolute Gasteiger partial charge is 0.367 e. The number of fused-ring (bicyclic) bond motifs is 2. The van der Waals surface area contributed by atoms with Gasteiger partial charge in [0.2, 0.25) is 0 Å². The molecule has 0 amide bonds. The van der Waals surface area contributed by atoms with E-state index in [-0.39, 0.29) is 11.3 Å². The van der Waals surface area contributed by atoms with E-state index in [1.165, 1.54) is 4.90 Å². The van der Waals surface area contributed by atoms with Crippen molar-refractivity contribution in [1.82, 2.24) is 0 Å². The first-order chi connectivity index (χ1) is 13.6. The molecule has 2 aromatic rings. The molecule has 2 aliphatic rings. The number of nitrogens with zero attached hydrogens (tertiary/aromatic N) is 3. The van der Waals surface area contributed by atoms with E-state index in [1.54, 1.807) is 36.4 Å². The molecule has 28 heavy (non-hydrogen) atoms. The first-order valence-electron chi connectivity index (χ1n) is 8.95. The van der Waals surface area contributed by atoms with Crippen LogP contribution in [0.2, 0.25) is 0 Å². The lowest BCUT2D eigenvalue weighted by atomic mass is 9.87. The number of nitriles is 2. The highest BCUT2D eigenvalue weighted by Gasteiger charge is 2.35. The summed E-state index contributed by atoms with van der Waals surface area (Å²) in [5, 5.41) is 21.5. The van der Waals surface area contributed by atoms with Gasteiger partial charge in [0.1, 0.15) is 23.4 Å². The minimum absolute atomic E-state index is 0.102. The third kappa shape index (κ3) is 2.59. The molecule has 2 aliphatic heterocycles. The highest BCUT2D eigenvalue weighted by Crippen LogP contribution is 2.48. The van der Waals surface area contributed by atoms with Gasteiger partial charge in [0, 0.05) is 35.5 Å². The summed E-state index contributed by atoms with van der Waals surface area (Å²) >= 11 is 0. The van der Waals surface area contributed by atoms with Crippen LogP contribution < -0.4 is 10.2 Å². The molecule has 1 saturated heterocycles. The standard InChI is InChI=1S/C21H15F3N4/c22-17-16-15(12(10-25)11-26)13-6-2-3-7-14(13)27-20(16)19(24)21(18(17)23)28-8-4-1-5-9-28/h2-3,6-7,27H,1,4-5,8-9H2. The van der Waals surface area contributed by atoms with Gasteiger partial charge in [-0.2, -0.15) is 10.5 Å². The Bertz CT molecular complexity index is 1070. The number of benzene rings is 2. The molecule has 140 valence electrons. The van der Waals surface area contributed by atoms with E-state index < -0.39 is 34.3 Å². The van der Waals surface area contributed by atoms with Crippen LogP contribution in [-0.4, -0.2) is 13.1 Å². The molecule has 1 fully saturated rings. The molecule has 4 rings (SSSR count). The Labute approximate surface area is 160 Å². The maximum Gasteiger partial charge on any atom is 0.185 e. The SMILES string of the molecule is N#CC(C#N)=C1c2ccccc2Nc2c(F)c(N3CCCCC3)c(F)c(F)c21. The molecule has 0 atom stereocenters. The fourth-order valence-corrected chi connectivity index (χ4v) is 3.87. The lowest BCUT2D eigenvalue weighted by Gasteiger charge is -2.32. The molecule has 4 nitrogen and oxygen atoms in total. The van der Waals surface area contributed by atoms with Crippen molar-refractivity contribution in [3.8, 4) is 12.1 Å². The fraction of sp³-hybridized carbons (Fsp3) is 0.238. The molecule has 0 radical (unpaired) electrons. The summed E-state index contributed by atoms with van der Waals surface area (Å²) in [4.78, 5) is 1.51. The summed E-state index contributed by atoms with van der Waals surface area (Å²) in [7, 11) is 0. The van der Waals surface area contributed by atoms with Crippen LogP contribution in [0.1, 0.15) is 30.4 Å². The van der Waals surface area contributed by atoms with Gasteiger partial charge in [-0.3, -0.25) is 0 Å². The number of hydrogen-bond acceptors (Lipinski definition) is 4. The molecule has 2 aromatic carbocycles. The van der Waals surface area contributed by atoms with Crippen LogP contribution in [0.15, 0.2) is 29.8 Å². The van der Waals surface area contributed by atoms with Crippen LogP contribution in [0.5, 0.6) is 0 Å². The lowest BCUT2D eigenvalue weighted by molar-refractivity contribution is 0.480. The average Bonchev–Trinajstić information content (AvgIpc) is 2.73. The van der Waals surface area contributed by atoms with E-state index in [0.717, 1.165) is 19.3 Å². The number of anilines is 3. The zero-order valence-corrected chi connectivity index (χ0v) is 14.8. The van der Waals surface area contributed by atoms with Crippen molar-refractivity contribution in [2.75, 3.05) is 23.3 Å². The van der Waals surface area contributed by atoms with Crippen LogP contribution in [0.25, 0.3) is 5.57 Å². The van der Waals surface area contributed by atoms with Crippen molar-refractivity contribution in [2.24, 2.45) is 0 Å². The Hall–Kier alpha value is -3.45. The van der Waals surface area contributed by atoms with Crippen molar-refractivity contribution >= 4 is 22.6 Å². The van der Waals surface area contributed by atoms with Gasteiger partial charge in [0.15, 0.2) is 17.5 Å². The van der Waals surface area contributed by atoms with E-state index in [4.69, 9.17) is 0 Å². The van der Waals surface area contributed by atoms with Gasteiger partial charge in [-0.15, -0.1) is 0 Å². The molecule has 0 spiro atoms. The fourth-order valence-electron chi connectivity index (χ4n) is 3.87. The summed E-state index contributed by atoms with van der Waals surface area (Å²) in [6, 6.07) is 9.97. The first-order valence-corrected chi connectivity index (χ1v) is 8.95. The van der Waals surface area contributed by atoms with Gasteiger partial charge in [0.05, 0.1) is 5.69 Å². The van der Waals surface area contributed by atoms with E-state index in [1.807, 2.05) is 0 Å². The lowest BCUT2D eigenvalue weighted by Crippen LogP contribution is -2.32. The third-order valence-electron chi connectivity index (χ3n) is 5.15. The van der Waals surface area contributed by atoms with Crippen LogP contribution in [0.4, 0.5) is 30.2 Å². The molecule has 1 N–H and O–H groups in total. The zero-order chi connectivity index (χ0) is 19.8. The number of halogens is 3. The number of piperidine rings is 1. The summed E-state index contributed by atoms with van der Waals surface area (Å²) < 4.78 is 45.6. The van der Waals surface area contributed by atoms with Gasteiger partial charge in [0.25, 0.3) is 0 Å². The number of para-hydroxylation sites is 1. The highest BCUT2D eigenvalue weighted by atomic mass is 19.2. The zero-order valence-electron chi connectivity index (χ0n) is 14.8. The van der Waals surface area contributed by atoms with Crippen LogP contribution in [0, 0.1) is 40.1 Å². The number of allylic oxidation sites excluding steroid dienone is 1. The van der Waals surface area contributed by atoms with Gasteiger partial charge in [-0.05, 0) is 25.3 Å². The summed E-state index contributed by atoms with van der Waals surface area (Å²) in [6.45, 7) is 0.875. The Morgan fingerprint density at radius 2 is 1.61 bits per heavy atom. The van der Waals surface area contributed by atoms with Crippen LogP contribution in [0.3, 0.4) is 0 Å². The molecule has 7 heteroatoms. The predicted molar refractivity (Wildman–Crippen MR) is 99.4 cm³/mol. The maximum atomic E-state index is 15.4. The minimum atomic E-state index is -1.30. The maximum absolute atomic E-state index is 15.4. The second-order valence-corrected chi connectivity index (χ2v) is 6.73. The Kier molecular flexibility index (Phi) is 4.44.